The highest BCUT2D eigenvalue weighted by Crippen LogP contribution is 2.32. The van der Waals surface area contributed by atoms with Gasteiger partial charge < -0.3 is 10.4 Å². The van der Waals surface area contributed by atoms with Gasteiger partial charge in [0.1, 0.15) is 9.77 Å². The topological polar surface area (TPSA) is 86.7 Å². The van der Waals surface area contributed by atoms with Gasteiger partial charge in [-0.2, -0.15) is 4.31 Å². The van der Waals surface area contributed by atoms with E-state index in [1.165, 1.54) is 10.4 Å². The molecule has 0 aliphatic carbocycles. The van der Waals surface area contributed by atoms with Gasteiger partial charge in [0.15, 0.2) is 0 Å². The summed E-state index contributed by atoms with van der Waals surface area (Å²) in [5, 5.41) is 14.6. The third-order valence-corrected chi connectivity index (χ3v) is 8.63. The van der Waals surface area contributed by atoms with Gasteiger partial charge in [-0.3, -0.25) is 4.79 Å². The molecule has 29 heavy (non-hydrogen) atoms. The van der Waals surface area contributed by atoms with Gasteiger partial charge in [-0.25, -0.2) is 8.42 Å². The van der Waals surface area contributed by atoms with E-state index >= 15 is 0 Å². The second kappa shape index (κ2) is 8.95. The maximum absolute atomic E-state index is 13.3. The monoisotopic (exact) mass is 436 g/mol. The van der Waals surface area contributed by atoms with Crippen LogP contribution in [-0.4, -0.2) is 42.4 Å². The Kier molecular flexibility index (Phi) is 6.78. The molecular weight excluding hydrogens is 408 g/mol. The van der Waals surface area contributed by atoms with Crippen LogP contribution in [-0.2, 0) is 10.0 Å². The van der Waals surface area contributed by atoms with Crippen molar-refractivity contribution in [3.8, 4) is 0 Å². The van der Waals surface area contributed by atoms with Crippen LogP contribution in [0.15, 0.2) is 40.6 Å². The number of rotatable bonds is 6. The van der Waals surface area contributed by atoms with E-state index in [9.17, 15) is 18.3 Å². The number of sulfonamides is 1. The fraction of sp³-hybridized carbons (Fsp3) is 0.476. The number of amides is 1. The standard InChI is InChI=1S/C21H28N2O4S2/c1-14-7-9-17(10-8-14)18(24)13-22-21(25)20-19(11-12-28-20)29(26,27)23-15(2)5-4-6-16(23)3/h7-12,15-16,18,24H,4-6,13H2,1-3H3,(H,22,25)/t15-,16-,18-/m1/s1. The van der Waals surface area contributed by atoms with Crippen molar-refractivity contribution in [1.82, 2.24) is 9.62 Å². The molecule has 2 heterocycles. The molecule has 1 amide bonds. The van der Waals surface area contributed by atoms with Gasteiger partial charge in [0.05, 0.1) is 6.10 Å². The van der Waals surface area contributed by atoms with Gasteiger partial charge in [0.2, 0.25) is 10.0 Å². The number of nitrogens with one attached hydrogen (secondary N) is 1. The maximum atomic E-state index is 13.3. The molecule has 0 saturated carbocycles. The van der Waals surface area contributed by atoms with Crippen molar-refractivity contribution in [1.29, 1.82) is 0 Å². The highest BCUT2D eigenvalue weighted by Gasteiger charge is 2.38. The second-order valence-corrected chi connectivity index (χ2v) is 10.4. The number of carbonyl (C=O) groups is 1. The van der Waals surface area contributed by atoms with Crippen molar-refractivity contribution >= 4 is 27.3 Å². The minimum Gasteiger partial charge on any atom is -0.387 e. The lowest BCUT2D eigenvalue weighted by atomic mass is 10.0. The molecule has 158 valence electrons. The first kappa shape index (κ1) is 22.0. The molecule has 0 spiro atoms. The summed E-state index contributed by atoms with van der Waals surface area (Å²) in [6.45, 7) is 5.80. The van der Waals surface area contributed by atoms with Crippen LogP contribution in [0, 0.1) is 6.92 Å². The Labute approximate surface area is 176 Å². The van der Waals surface area contributed by atoms with Crippen LogP contribution >= 0.6 is 11.3 Å². The number of benzene rings is 1. The third-order valence-electron chi connectivity index (χ3n) is 5.42. The van der Waals surface area contributed by atoms with Crippen LogP contribution < -0.4 is 5.32 Å². The smallest absolute Gasteiger partial charge is 0.262 e. The van der Waals surface area contributed by atoms with Crippen molar-refractivity contribution in [3.05, 3.63) is 51.7 Å². The number of thiophene rings is 1. The van der Waals surface area contributed by atoms with Crippen molar-refractivity contribution in [2.45, 2.75) is 63.1 Å². The molecule has 1 saturated heterocycles. The summed E-state index contributed by atoms with van der Waals surface area (Å²) in [6.07, 6.45) is 1.78. The summed E-state index contributed by atoms with van der Waals surface area (Å²) in [5.41, 5.74) is 1.78. The molecule has 2 N–H and O–H groups in total. The number of carbonyl (C=O) groups excluding carboxylic acids is 1. The molecule has 3 atom stereocenters. The van der Waals surface area contributed by atoms with Crippen LogP contribution in [0.4, 0.5) is 0 Å². The van der Waals surface area contributed by atoms with E-state index in [4.69, 9.17) is 0 Å². The molecule has 1 aromatic heterocycles. The van der Waals surface area contributed by atoms with Crippen LogP contribution in [0.1, 0.15) is 60.0 Å². The van der Waals surface area contributed by atoms with Gasteiger partial charge in [0.25, 0.3) is 5.91 Å². The zero-order valence-electron chi connectivity index (χ0n) is 17.0. The first-order valence-electron chi connectivity index (χ1n) is 9.85. The van der Waals surface area contributed by atoms with E-state index in [1.807, 2.05) is 45.0 Å². The fourth-order valence-corrected chi connectivity index (χ4v) is 7.03. The van der Waals surface area contributed by atoms with Gasteiger partial charge in [-0.1, -0.05) is 36.2 Å². The lowest BCUT2D eigenvalue weighted by Crippen LogP contribution is -2.47. The number of hydrogen-bond acceptors (Lipinski definition) is 5. The largest absolute Gasteiger partial charge is 0.387 e. The highest BCUT2D eigenvalue weighted by atomic mass is 32.2. The van der Waals surface area contributed by atoms with Crippen LogP contribution in [0.25, 0.3) is 0 Å². The van der Waals surface area contributed by atoms with Gasteiger partial charge in [0, 0.05) is 18.6 Å². The quantitative estimate of drug-likeness (QED) is 0.726. The van der Waals surface area contributed by atoms with Crippen LogP contribution in [0.2, 0.25) is 0 Å². The summed E-state index contributed by atoms with van der Waals surface area (Å²) in [6, 6.07) is 8.72. The fourth-order valence-electron chi connectivity index (χ4n) is 3.83. The minimum atomic E-state index is -3.77. The lowest BCUT2D eigenvalue weighted by molar-refractivity contribution is 0.0917. The van der Waals surface area contributed by atoms with E-state index < -0.39 is 22.0 Å². The molecule has 1 fully saturated rings. The van der Waals surface area contributed by atoms with E-state index in [-0.39, 0.29) is 28.4 Å². The Bertz CT molecular complexity index is 943. The molecule has 0 radical (unpaired) electrons. The minimum absolute atomic E-state index is 0.00972. The number of piperidine rings is 1. The number of hydrogen-bond donors (Lipinski definition) is 2. The predicted octanol–water partition coefficient (Wildman–Crippen LogP) is 3.47. The molecule has 0 unspecified atom stereocenters. The Hall–Kier alpha value is -1.74. The van der Waals surface area contributed by atoms with E-state index in [1.54, 1.807) is 5.38 Å². The average Bonchev–Trinajstić information content (AvgIpc) is 3.17. The molecule has 1 aromatic carbocycles. The normalized spacial score (nSPS) is 21.7. The first-order chi connectivity index (χ1) is 13.7. The van der Waals surface area contributed by atoms with E-state index in [0.717, 1.165) is 36.2 Å². The molecule has 1 aliphatic heterocycles. The van der Waals surface area contributed by atoms with Crippen LogP contribution in [0.3, 0.4) is 0 Å². The molecule has 3 rings (SSSR count). The number of nitrogens with zero attached hydrogens (tertiary/aromatic N) is 1. The zero-order valence-corrected chi connectivity index (χ0v) is 18.6. The molecule has 8 heteroatoms. The van der Waals surface area contributed by atoms with Crippen LogP contribution in [0.5, 0.6) is 0 Å². The summed E-state index contributed by atoms with van der Waals surface area (Å²) in [7, 11) is -3.77. The second-order valence-electron chi connectivity index (χ2n) is 7.71. The Morgan fingerprint density at radius 1 is 1.21 bits per heavy atom. The molecule has 1 aliphatic rings. The summed E-state index contributed by atoms with van der Waals surface area (Å²) >= 11 is 1.10. The first-order valence-corrected chi connectivity index (χ1v) is 12.2. The highest BCUT2D eigenvalue weighted by molar-refractivity contribution is 7.89. The summed E-state index contributed by atoms with van der Waals surface area (Å²) in [5.74, 6) is -0.484. The van der Waals surface area contributed by atoms with Crippen molar-refractivity contribution in [2.75, 3.05) is 6.54 Å². The van der Waals surface area contributed by atoms with Gasteiger partial charge in [-0.05, 0) is 50.6 Å². The molecule has 6 nitrogen and oxygen atoms in total. The number of aliphatic hydroxyl groups excluding tert-OH is 1. The number of aryl methyl sites for hydroxylation is 1. The van der Waals surface area contributed by atoms with Gasteiger partial charge in [-0.15, -0.1) is 11.3 Å². The maximum Gasteiger partial charge on any atom is 0.262 e. The van der Waals surface area contributed by atoms with Gasteiger partial charge >= 0.3 is 0 Å². The summed E-state index contributed by atoms with van der Waals surface area (Å²) < 4.78 is 28.1. The van der Waals surface area contributed by atoms with Crippen molar-refractivity contribution in [3.63, 3.8) is 0 Å². The Morgan fingerprint density at radius 3 is 2.45 bits per heavy atom. The van der Waals surface area contributed by atoms with E-state index in [0.29, 0.717) is 5.56 Å². The lowest BCUT2D eigenvalue weighted by Gasteiger charge is -2.37. The summed E-state index contributed by atoms with van der Waals surface area (Å²) in [4.78, 5) is 12.9. The van der Waals surface area contributed by atoms with Crippen molar-refractivity contribution in [2.24, 2.45) is 0 Å². The van der Waals surface area contributed by atoms with Crippen molar-refractivity contribution < 1.29 is 18.3 Å². The zero-order chi connectivity index (χ0) is 21.2. The number of aliphatic hydroxyl groups is 1. The third kappa shape index (κ3) is 4.71. The van der Waals surface area contributed by atoms with E-state index in [2.05, 4.69) is 5.32 Å². The Balaban J connectivity index is 1.75. The molecule has 0 bridgehead atoms. The molecule has 2 aromatic rings. The SMILES string of the molecule is Cc1ccc([C@H](O)CNC(=O)c2sccc2S(=O)(=O)N2[C@H](C)CCC[C@H]2C)cc1. The molecular formula is C21H28N2O4S2. The predicted molar refractivity (Wildman–Crippen MR) is 115 cm³/mol. The average molecular weight is 437 g/mol. The Morgan fingerprint density at radius 2 is 1.83 bits per heavy atom.